The van der Waals surface area contributed by atoms with E-state index in [4.69, 9.17) is 5.73 Å². The fourth-order valence-corrected chi connectivity index (χ4v) is 2.99. The third-order valence-electron chi connectivity index (χ3n) is 4.18. The highest BCUT2D eigenvalue weighted by atomic mass is 16.1. The predicted octanol–water partition coefficient (Wildman–Crippen LogP) is 2.04. The van der Waals surface area contributed by atoms with Crippen LogP contribution < -0.4 is 11.1 Å². The number of rotatable bonds is 6. The molecule has 3 N–H and O–H groups in total. The van der Waals surface area contributed by atoms with Gasteiger partial charge in [0, 0.05) is 31.4 Å². The van der Waals surface area contributed by atoms with Crippen LogP contribution in [0.5, 0.6) is 0 Å². The standard InChI is InChI=1S/C16H25N3O/c17-11-15(14-6-2-1-3-7-14)19-16(20)9-8-13-5-4-10-18-12-13/h4-5,10,12,14-15H,1-3,6-9,11,17H2,(H,19,20). The van der Waals surface area contributed by atoms with E-state index in [0.29, 0.717) is 18.9 Å². The highest BCUT2D eigenvalue weighted by molar-refractivity contribution is 5.76. The highest BCUT2D eigenvalue weighted by Gasteiger charge is 2.23. The number of hydrogen-bond acceptors (Lipinski definition) is 3. The average molecular weight is 275 g/mol. The van der Waals surface area contributed by atoms with Crippen LogP contribution >= 0.6 is 0 Å². The first-order valence-electron chi connectivity index (χ1n) is 7.68. The Balaban J connectivity index is 1.77. The van der Waals surface area contributed by atoms with E-state index in [2.05, 4.69) is 10.3 Å². The van der Waals surface area contributed by atoms with Gasteiger partial charge in [0.15, 0.2) is 0 Å². The maximum absolute atomic E-state index is 12.0. The number of amides is 1. The second-order valence-electron chi connectivity index (χ2n) is 5.67. The number of nitrogens with two attached hydrogens (primary N) is 1. The van der Waals surface area contributed by atoms with E-state index < -0.39 is 0 Å². The van der Waals surface area contributed by atoms with Gasteiger partial charge in [-0.2, -0.15) is 0 Å². The van der Waals surface area contributed by atoms with Crippen molar-refractivity contribution in [2.75, 3.05) is 6.54 Å². The van der Waals surface area contributed by atoms with E-state index >= 15 is 0 Å². The van der Waals surface area contributed by atoms with Gasteiger partial charge in [-0.05, 0) is 36.8 Å². The summed E-state index contributed by atoms with van der Waals surface area (Å²) in [6, 6.07) is 4.05. The van der Waals surface area contributed by atoms with Crippen molar-refractivity contribution in [3.63, 3.8) is 0 Å². The first-order valence-corrected chi connectivity index (χ1v) is 7.68. The van der Waals surface area contributed by atoms with Gasteiger partial charge >= 0.3 is 0 Å². The molecule has 1 aliphatic rings. The third-order valence-corrected chi connectivity index (χ3v) is 4.18. The Bertz CT molecular complexity index is 401. The normalized spacial score (nSPS) is 17.6. The molecule has 0 spiro atoms. The summed E-state index contributed by atoms with van der Waals surface area (Å²) < 4.78 is 0. The lowest BCUT2D eigenvalue weighted by atomic mass is 9.84. The number of pyridine rings is 1. The van der Waals surface area contributed by atoms with Crippen molar-refractivity contribution in [2.24, 2.45) is 11.7 Å². The topological polar surface area (TPSA) is 68.0 Å². The molecule has 0 saturated heterocycles. The van der Waals surface area contributed by atoms with Crippen molar-refractivity contribution in [1.82, 2.24) is 10.3 Å². The van der Waals surface area contributed by atoms with Gasteiger partial charge in [0.1, 0.15) is 0 Å². The maximum atomic E-state index is 12.0. The van der Waals surface area contributed by atoms with E-state index in [0.717, 1.165) is 12.0 Å². The van der Waals surface area contributed by atoms with Gasteiger partial charge in [0.25, 0.3) is 0 Å². The zero-order valence-corrected chi connectivity index (χ0v) is 12.1. The van der Waals surface area contributed by atoms with Crippen molar-refractivity contribution in [3.05, 3.63) is 30.1 Å². The van der Waals surface area contributed by atoms with E-state index in [1.165, 1.54) is 32.1 Å². The van der Waals surface area contributed by atoms with Crippen molar-refractivity contribution in [3.8, 4) is 0 Å². The Kier molecular flexibility index (Phi) is 5.99. The van der Waals surface area contributed by atoms with Crippen LogP contribution in [0.25, 0.3) is 0 Å². The molecule has 4 nitrogen and oxygen atoms in total. The van der Waals surface area contributed by atoms with Gasteiger partial charge < -0.3 is 11.1 Å². The Hall–Kier alpha value is -1.42. The molecule has 1 atom stereocenters. The van der Waals surface area contributed by atoms with Crippen LogP contribution in [0, 0.1) is 5.92 Å². The second-order valence-corrected chi connectivity index (χ2v) is 5.67. The van der Waals surface area contributed by atoms with E-state index in [9.17, 15) is 4.79 Å². The summed E-state index contributed by atoms with van der Waals surface area (Å²) in [4.78, 5) is 16.1. The molecule has 1 fully saturated rings. The molecule has 0 radical (unpaired) electrons. The number of carbonyl (C=O) groups is 1. The van der Waals surface area contributed by atoms with Crippen LogP contribution in [-0.2, 0) is 11.2 Å². The summed E-state index contributed by atoms with van der Waals surface area (Å²) in [6.07, 6.45) is 11.1. The Labute approximate surface area is 121 Å². The zero-order chi connectivity index (χ0) is 14.2. The minimum atomic E-state index is 0.106. The van der Waals surface area contributed by atoms with Crippen LogP contribution in [0.4, 0.5) is 0 Å². The first kappa shape index (κ1) is 15.0. The van der Waals surface area contributed by atoms with Gasteiger partial charge in [-0.15, -0.1) is 0 Å². The van der Waals surface area contributed by atoms with Crippen molar-refractivity contribution in [2.45, 2.75) is 51.0 Å². The molecule has 1 amide bonds. The van der Waals surface area contributed by atoms with Crippen LogP contribution in [0.1, 0.15) is 44.1 Å². The fourth-order valence-electron chi connectivity index (χ4n) is 2.99. The highest BCUT2D eigenvalue weighted by Crippen LogP contribution is 2.26. The molecule has 1 aliphatic carbocycles. The number of aryl methyl sites for hydroxylation is 1. The van der Waals surface area contributed by atoms with Crippen LogP contribution in [0.2, 0.25) is 0 Å². The van der Waals surface area contributed by atoms with Crippen molar-refractivity contribution < 1.29 is 4.79 Å². The van der Waals surface area contributed by atoms with Gasteiger partial charge in [0.05, 0.1) is 0 Å². The Morgan fingerprint density at radius 2 is 2.20 bits per heavy atom. The number of nitrogens with one attached hydrogen (secondary N) is 1. The average Bonchev–Trinajstić information content (AvgIpc) is 2.52. The van der Waals surface area contributed by atoms with Gasteiger partial charge in [-0.3, -0.25) is 9.78 Å². The van der Waals surface area contributed by atoms with Crippen molar-refractivity contribution >= 4 is 5.91 Å². The van der Waals surface area contributed by atoms with Gasteiger partial charge in [0.2, 0.25) is 5.91 Å². The Morgan fingerprint density at radius 3 is 2.85 bits per heavy atom. The lowest BCUT2D eigenvalue weighted by molar-refractivity contribution is -0.122. The fraction of sp³-hybridized carbons (Fsp3) is 0.625. The Morgan fingerprint density at radius 1 is 1.40 bits per heavy atom. The number of nitrogens with zero attached hydrogens (tertiary/aromatic N) is 1. The van der Waals surface area contributed by atoms with E-state index in [1.807, 2.05) is 18.3 Å². The SMILES string of the molecule is NCC(NC(=O)CCc1cccnc1)C1CCCCC1. The molecule has 1 aromatic heterocycles. The predicted molar refractivity (Wildman–Crippen MR) is 80.1 cm³/mol. The quantitative estimate of drug-likeness (QED) is 0.835. The molecule has 1 unspecified atom stereocenters. The molecule has 1 heterocycles. The first-order chi connectivity index (χ1) is 9.79. The molecule has 2 rings (SSSR count). The zero-order valence-electron chi connectivity index (χ0n) is 12.1. The maximum Gasteiger partial charge on any atom is 0.220 e. The monoisotopic (exact) mass is 275 g/mol. The summed E-state index contributed by atoms with van der Waals surface area (Å²) in [5.41, 5.74) is 6.94. The molecular formula is C16H25N3O. The largest absolute Gasteiger partial charge is 0.352 e. The van der Waals surface area contributed by atoms with Crippen molar-refractivity contribution in [1.29, 1.82) is 0 Å². The summed E-state index contributed by atoms with van der Waals surface area (Å²) in [5.74, 6) is 0.672. The number of carbonyl (C=O) groups excluding carboxylic acids is 1. The third kappa shape index (κ3) is 4.60. The molecule has 4 heteroatoms. The molecule has 1 aromatic rings. The minimum absolute atomic E-state index is 0.106. The molecule has 0 aliphatic heterocycles. The summed E-state index contributed by atoms with van der Waals surface area (Å²) >= 11 is 0. The molecule has 20 heavy (non-hydrogen) atoms. The van der Waals surface area contributed by atoms with E-state index in [-0.39, 0.29) is 11.9 Å². The summed E-state index contributed by atoms with van der Waals surface area (Å²) in [5, 5.41) is 3.12. The molecular weight excluding hydrogens is 250 g/mol. The van der Waals surface area contributed by atoms with Gasteiger partial charge in [-0.25, -0.2) is 0 Å². The smallest absolute Gasteiger partial charge is 0.220 e. The lowest BCUT2D eigenvalue weighted by Gasteiger charge is -2.30. The second kappa shape index (κ2) is 8.00. The molecule has 110 valence electrons. The molecule has 0 aromatic carbocycles. The minimum Gasteiger partial charge on any atom is -0.352 e. The molecule has 0 bridgehead atoms. The van der Waals surface area contributed by atoms with E-state index in [1.54, 1.807) is 6.20 Å². The van der Waals surface area contributed by atoms with Crippen LogP contribution in [0.3, 0.4) is 0 Å². The lowest BCUT2D eigenvalue weighted by Crippen LogP contribution is -2.45. The summed E-state index contributed by atoms with van der Waals surface area (Å²) in [7, 11) is 0. The van der Waals surface area contributed by atoms with Crippen LogP contribution in [0.15, 0.2) is 24.5 Å². The summed E-state index contributed by atoms with van der Waals surface area (Å²) in [6.45, 7) is 0.545. The molecule has 1 saturated carbocycles. The van der Waals surface area contributed by atoms with Crippen LogP contribution in [-0.4, -0.2) is 23.5 Å². The number of hydrogen-bond donors (Lipinski definition) is 2. The van der Waals surface area contributed by atoms with Gasteiger partial charge in [-0.1, -0.05) is 25.3 Å². The number of aromatic nitrogens is 1.